The predicted molar refractivity (Wildman–Crippen MR) is 126 cm³/mol. The van der Waals surface area contributed by atoms with E-state index in [1.165, 1.54) is 21.8 Å². The molecule has 0 spiro atoms. The van der Waals surface area contributed by atoms with Gasteiger partial charge >= 0.3 is 0 Å². The number of anilines is 1. The highest BCUT2D eigenvalue weighted by Gasteiger charge is 2.31. The molecule has 178 valence electrons. The van der Waals surface area contributed by atoms with Crippen molar-refractivity contribution in [2.75, 3.05) is 4.90 Å². The van der Waals surface area contributed by atoms with Crippen LogP contribution in [0, 0.1) is 19.7 Å². The van der Waals surface area contributed by atoms with Crippen LogP contribution in [0.3, 0.4) is 0 Å². The second-order valence-corrected chi connectivity index (χ2v) is 8.87. The smallest absolute Gasteiger partial charge is 0.251 e. The lowest BCUT2D eigenvalue weighted by atomic mass is 10.1. The minimum Gasteiger partial charge on any atom is -0.352 e. The molecule has 9 heteroatoms. The number of carbonyl (C=O) groups is 2. The largest absolute Gasteiger partial charge is 0.352 e. The molecule has 2 aromatic carbocycles. The van der Waals surface area contributed by atoms with E-state index >= 15 is 0 Å². The third-order valence-corrected chi connectivity index (χ3v) is 6.18. The van der Waals surface area contributed by atoms with Gasteiger partial charge in [0.2, 0.25) is 11.7 Å². The topological polar surface area (TPSA) is 93.0 Å². The van der Waals surface area contributed by atoms with E-state index in [-0.39, 0.29) is 36.0 Å². The summed E-state index contributed by atoms with van der Waals surface area (Å²) >= 11 is 0. The summed E-state index contributed by atoms with van der Waals surface area (Å²) in [4.78, 5) is 29.3. The van der Waals surface area contributed by atoms with Gasteiger partial charge in [-0.2, -0.15) is 4.80 Å². The van der Waals surface area contributed by atoms with E-state index < -0.39 is 6.04 Å². The zero-order valence-electron chi connectivity index (χ0n) is 19.7. The molecule has 1 heterocycles. The number of aromatic nitrogens is 4. The van der Waals surface area contributed by atoms with Gasteiger partial charge in [-0.25, -0.2) is 4.39 Å². The highest BCUT2D eigenvalue weighted by atomic mass is 19.1. The van der Waals surface area contributed by atoms with Crippen molar-refractivity contribution in [1.29, 1.82) is 0 Å². The molecule has 1 aromatic heterocycles. The van der Waals surface area contributed by atoms with Gasteiger partial charge in [-0.3, -0.25) is 14.5 Å². The van der Waals surface area contributed by atoms with Crippen molar-refractivity contribution in [2.24, 2.45) is 0 Å². The molecule has 1 saturated carbocycles. The van der Waals surface area contributed by atoms with Gasteiger partial charge in [-0.05, 0) is 74.7 Å². The van der Waals surface area contributed by atoms with Gasteiger partial charge in [-0.15, -0.1) is 10.2 Å². The number of benzene rings is 2. The molecule has 1 atom stereocenters. The molecule has 0 radical (unpaired) electrons. The summed E-state index contributed by atoms with van der Waals surface area (Å²) in [5.41, 5.74) is 3.23. The van der Waals surface area contributed by atoms with Gasteiger partial charge in [0.15, 0.2) is 0 Å². The maximum Gasteiger partial charge on any atom is 0.251 e. The normalized spacial score (nSPS) is 14.7. The Kier molecular flexibility index (Phi) is 7.00. The molecule has 2 amide bonds. The number of hydrogen-bond donors (Lipinski definition) is 1. The van der Waals surface area contributed by atoms with Gasteiger partial charge in [-0.1, -0.05) is 30.5 Å². The monoisotopic (exact) mass is 464 g/mol. The van der Waals surface area contributed by atoms with Crippen molar-refractivity contribution in [3.63, 3.8) is 0 Å². The van der Waals surface area contributed by atoms with Crippen LogP contribution in [-0.4, -0.2) is 44.1 Å². The Morgan fingerprint density at radius 1 is 1.15 bits per heavy atom. The standard InChI is InChI=1S/C25H29FN6O2/c1-16-8-13-22(17(2)14-16)32(18(3)25(34)27-21-6-4-5-7-21)23(33)15-31-29-24(28-30-31)19-9-11-20(26)12-10-19/h8-14,18,21H,4-7,15H2,1-3H3,(H,27,34)/t18-/m0/s1. The Morgan fingerprint density at radius 3 is 2.53 bits per heavy atom. The molecule has 0 saturated heterocycles. The summed E-state index contributed by atoms with van der Waals surface area (Å²) in [5.74, 6) is -0.582. The predicted octanol–water partition coefficient (Wildman–Crippen LogP) is 3.58. The molecule has 34 heavy (non-hydrogen) atoms. The van der Waals surface area contributed by atoms with Gasteiger partial charge in [0.25, 0.3) is 5.91 Å². The third-order valence-electron chi connectivity index (χ3n) is 6.18. The van der Waals surface area contributed by atoms with E-state index in [9.17, 15) is 14.0 Å². The van der Waals surface area contributed by atoms with E-state index in [0.29, 0.717) is 11.3 Å². The molecular formula is C25H29FN6O2. The Bertz CT molecular complexity index is 1170. The second-order valence-electron chi connectivity index (χ2n) is 8.87. The molecule has 1 aliphatic carbocycles. The van der Waals surface area contributed by atoms with Gasteiger partial charge in [0.05, 0.1) is 0 Å². The van der Waals surface area contributed by atoms with Crippen LogP contribution in [0.2, 0.25) is 0 Å². The van der Waals surface area contributed by atoms with E-state index in [4.69, 9.17) is 0 Å². The molecule has 0 aliphatic heterocycles. The summed E-state index contributed by atoms with van der Waals surface area (Å²) in [7, 11) is 0. The number of tetrazole rings is 1. The molecular weight excluding hydrogens is 435 g/mol. The van der Waals surface area contributed by atoms with Gasteiger partial charge in [0.1, 0.15) is 18.4 Å². The zero-order valence-corrected chi connectivity index (χ0v) is 19.7. The van der Waals surface area contributed by atoms with Crippen molar-refractivity contribution in [1.82, 2.24) is 25.5 Å². The van der Waals surface area contributed by atoms with Gasteiger partial charge < -0.3 is 5.32 Å². The number of carbonyl (C=O) groups excluding carboxylic acids is 2. The van der Waals surface area contributed by atoms with Crippen molar-refractivity contribution in [3.05, 3.63) is 59.4 Å². The summed E-state index contributed by atoms with van der Waals surface area (Å²) < 4.78 is 13.2. The van der Waals surface area contributed by atoms with Crippen LogP contribution in [0.15, 0.2) is 42.5 Å². The highest BCUT2D eigenvalue weighted by Crippen LogP contribution is 2.25. The van der Waals surface area contributed by atoms with E-state index in [1.807, 2.05) is 32.0 Å². The average Bonchev–Trinajstić information content (AvgIpc) is 3.48. The molecule has 0 unspecified atom stereocenters. The quantitative estimate of drug-likeness (QED) is 0.577. The van der Waals surface area contributed by atoms with Crippen molar-refractivity contribution in [2.45, 2.75) is 65.1 Å². The van der Waals surface area contributed by atoms with E-state index in [1.54, 1.807) is 19.1 Å². The minimum absolute atomic E-state index is 0.154. The van der Waals surface area contributed by atoms with E-state index in [0.717, 1.165) is 36.8 Å². The second kappa shape index (κ2) is 10.1. The van der Waals surface area contributed by atoms with Crippen molar-refractivity contribution in [3.8, 4) is 11.4 Å². The Balaban J connectivity index is 1.57. The van der Waals surface area contributed by atoms with E-state index in [2.05, 4.69) is 20.7 Å². The fraction of sp³-hybridized carbons (Fsp3) is 0.400. The molecule has 3 aromatic rings. The number of amides is 2. The molecule has 8 nitrogen and oxygen atoms in total. The average molecular weight is 465 g/mol. The number of nitrogens with one attached hydrogen (secondary N) is 1. The first-order valence-electron chi connectivity index (χ1n) is 11.6. The highest BCUT2D eigenvalue weighted by molar-refractivity contribution is 6.01. The molecule has 1 aliphatic rings. The summed E-state index contributed by atoms with van der Waals surface area (Å²) in [6.07, 6.45) is 4.14. The first-order chi connectivity index (χ1) is 16.3. The fourth-order valence-electron chi connectivity index (χ4n) is 4.37. The minimum atomic E-state index is -0.713. The molecule has 4 rings (SSSR count). The van der Waals surface area contributed by atoms with Crippen LogP contribution >= 0.6 is 0 Å². The first-order valence-corrected chi connectivity index (χ1v) is 11.6. The van der Waals surface area contributed by atoms with Crippen molar-refractivity contribution < 1.29 is 14.0 Å². The van der Waals surface area contributed by atoms with Crippen LogP contribution in [0.5, 0.6) is 0 Å². The summed E-state index contributed by atoms with van der Waals surface area (Å²) in [6, 6.07) is 10.9. The number of nitrogens with zero attached hydrogens (tertiary/aromatic N) is 5. The third kappa shape index (κ3) is 5.30. The lowest BCUT2D eigenvalue weighted by molar-refractivity contribution is -0.127. The number of rotatable bonds is 7. The fourth-order valence-corrected chi connectivity index (χ4v) is 4.37. The Labute approximate surface area is 198 Å². The Hall–Kier alpha value is -3.62. The van der Waals surface area contributed by atoms with Crippen LogP contribution in [-0.2, 0) is 16.1 Å². The maximum absolute atomic E-state index is 13.5. The lowest BCUT2D eigenvalue weighted by Gasteiger charge is -2.30. The van der Waals surface area contributed by atoms with Crippen molar-refractivity contribution >= 4 is 17.5 Å². The molecule has 0 bridgehead atoms. The summed E-state index contributed by atoms with van der Waals surface area (Å²) in [6.45, 7) is 5.45. The number of aryl methyl sites for hydroxylation is 2. The van der Waals surface area contributed by atoms with Crippen LogP contribution in [0.4, 0.5) is 10.1 Å². The molecule has 1 N–H and O–H groups in total. The Morgan fingerprint density at radius 2 is 1.85 bits per heavy atom. The SMILES string of the molecule is Cc1ccc(N(C(=O)Cn2nnc(-c3ccc(F)cc3)n2)[C@@H](C)C(=O)NC2CCCC2)c(C)c1. The molecule has 1 fully saturated rings. The van der Waals surface area contributed by atoms with Crippen LogP contribution in [0.1, 0.15) is 43.7 Å². The zero-order chi connectivity index (χ0) is 24.2. The summed E-state index contributed by atoms with van der Waals surface area (Å²) in [5, 5.41) is 15.3. The number of hydrogen-bond acceptors (Lipinski definition) is 5. The lowest BCUT2D eigenvalue weighted by Crippen LogP contribution is -2.51. The number of halogens is 1. The van der Waals surface area contributed by atoms with Gasteiger partial charge in [0, 0.05) is 17.3 Å². The van der Waals surface area contributed by atoms with Crippen LogP contribution in [0.25, 0.3) is 11.4 Å². The first kappa shape index (κ1) is 23.5. The maximum atomic E-state index is 13.5. The van der Waals surface area contributed by atoms with Crippen LogP contribution < -0.4 is 10.2 Å².